The normalized spacial score (nSPS) is 14.7. The lowest BCUT2D eigenvalue weighted by Crippen LogP contribution is -2.30. The molecular weight excluding hydrogens is 198 g/mol. The summed E-state index contributed by atoms with van der Waals surface area (Å²) >= 11 is 0. The van der Waals surface area contributed by atoms with Crippen LogP contribution in [0, 0.1) is 0 Å². The molecule has 0 radical (unpaired) electrons. The molecule has 0 aliphatic heterocycles. The van der Waals surface area contributed by atoms with Crippen molar-refractivity contribution in [2.75, 3.05) is 13.1 Å². The Morgan fingerprint density at radius 2 is 1.88 bits per heavy atom. The van der Waals surface area contributed by atoms with Gasteiger partial charge in [-0.3, -0.25) is 0 Å². The van der Waals surface area contributed by atoms with Gasteiger partial charge in [0.25, 0.3) is 0 Å². The maximum absolute atomic E-state index is 10.2. The number of hydrogen-bond donors (Lipinski definition) is 2. The molecule has 0 heterocycles. The summed E-state index contributed by atoms with van der Waals surface area (Å²) in [6.45, 7) is 5.86. The summed E-state index contributed by atoms with van der Waals surface area (Å²) in [5.74, 6) is 0. The fourth-order valence-corrected chi connectivity index (χ4v) is 1.72. The summed E-state index contributed by atoms with van der Waals surface area (Å²) in [4.78, 5) is 0. The van der Waals surface area contributed by atoms with E-state index in [1.165, 1.54) is 5.56 Å². The predicted octanol–water partition coefficient (Wildman–Crippen LogP) is 2.37. The second-order valence-electron chi connectivity index (χ2n) is 4.59. The number of hydrogen-bond acceptors (Lipinski definition) is 2. The van der Waals surface area contributed by atoms with E-state index in [-0.39, 0.29) is 0 Å². The number of rotatable bonds is 7. The monoisotopic (exact) mass is 221 g/mol. The second kappa shape index (κ2) is 6.66. The first-order valence-corrected chi connectivity index (χ1v) is 6.11. The summed E-state index contributed by atoms with van der Waals surface area (Å²) in [6, 6.07) is 10.3. The topological polar surface area (TPSA) is 32.3 Å². The third-order valence-corrected chi connectivity index (χ3v) is 2.89. The molecule has 0 aliphatic carbocycles. The van der Waals surface area contributed by atoms with Gasteiger partial charge in [0.05, 0.1) is 5.60 Å². The molecule has 1 rings (SSSR count). The van der Waals surface area contributed by atoms with Crippen LogP contribution >= 0.6 is 0 Å². The van der Waals surface area contributed by atoms with Crippen molar-refractivity contribution >= 4 is 0 Å². The van der Waals surface area contributed by atoms with Crippen LogP contribution in [0.4, 0.5) is 0 Å². The molecule has 0 saturated heterocycles. The molecule has 1 aromatic rings. The molecule has 1 atom stereocenters. The van der Waals surface area contributed by atoms with Gasteiger partial charge in [0, 0.05) is 0 Å². The van der Waals surface area contributed by atoms with E-state index < -0.39 is 5.60 Å². The van der Waals surface area contributed by atoms with Gasteiger partial charge in [-0.05, 0) is 44.8 Å². The maximum atomic E-state index is 10.2. The van der Waals surface area contributed by atoms with Gasteiger partial charge in [-0.2, -0.15) is 0 Å². The van der Waals surface area contributed by atoms with Crippen LogP contribution in [-0.2, 0) is 6.42 Å². The number of aryl methyl sites for hydroxylation is 1. The van der Waals surface area contributed by atoms with Crippen molar-refractivity contribution in [3.63, 3.8) is 0 Å². The van der Waals surface area contributed by atoms with E-state index >= 15 is 0 Å². The molecule has 16 heavy (non-hydrogen) atoms. The molecule has 0 bridgehead atoms. The number of benzene rings is 1. The Morgan fingerprint density at radius 1 is 1.19 bits per heavy atom. The van der Waals surface area contributed by atoms with E-state index in [9.17, 15) is 5.11 Å². The minimum atomic E-state index is -0.558. The Balaban J connectivity index is 2.30. The first-order chi connectivity index (χ1) is 7.64. The maximum Gasteiger partial charge on any atom is 0.0635 e. The fraction of sp³-hybridized carbons (Fsp3) is 0.571. The quantitative estimate of drug-likeness (QED) is 0.693. The molecule has 2 heteroatoms. The summed E-state index contributed by atoms with van der Waals surface area (Å²) in [6.07, 6.45) is 2.58. The highest BCUT2D eigenvalue weighted by Crippen LogP contribution is 2.17. The Morgan fingerprint density at radius 3 is 2.50 bits per heavy atom. The number of aliphatic hydroxyl groups is 1. The van der Waals surface area contributed by atoms with Crippen LogP contribution in [0.15, 0.2) is 30.3 Å². The largest absolute Gasteiger partial charge is 0.390 e. The number of nitrogens with one attached hydrogen (secondary N) is 1. The van der Waals surface area contributed by atoms with Crippen molar-refractivity contribution in [3.8, 4) is 0 Å². The van der Waals surface area contributed by atoms with E-state index in [4.69, 9.17) is 0 Å². The van der Waals surface area contributed by atoms with Crippen molar-refractivity contribution in [2.45, 2.75) is 38.7 Å². The van der Waals surface area contributed by atoms with E-state index in [1.54, 1.807) is 0 Å². The van der Waals surface area contributed by atoms with Gasteiger partial charge in [-0.1, -0.05) is 37.3 Å². The van der Waals surface area contributed by atoms with Crippen LogP contribution in [0.3, 0.4) is 0 Å². The van der Waals surface area contributed by atoms with Gasteiger partial charge in [0.15, 0.2) is 0 Å². The van der Waals surface area contributed by atoms with Gasteiger partial charge in [0.1, 0.15) is 0 Å². The van der Waals surface area contributed by atoms with Crippen LogP contribution in [0.25, 0.3) is 0 Å². The molecule has 0 aliphatic rings. The minimum Gasteiger partial charge on any atom is -0.390 e. The minimum absolute atomic E-state index is 0.558. The van der Waals surface area contributed by atoms with Crippen LogP contribution in [0.5, 0.6) is 0 Å². The van der Waals surface area contributed by atoms with Crippen LogP contribution < -0.4 is 5.32 Å². The molecule has 1 unspecified atom stereocenters. The molecule has 0 spiro atoms. The average Bonchev–Trinajstić information content (AvgIpc) is 2.28. The Kier molecular flexibility index (Phi) is 5.50. The van der Waals surface area contributed by atoms with Crippen LogP contribution in [0.1, 0.15) is 32.3 Å². The van der Waals surface area contributed by atoms with Crippen LogP contribution in [0.2, 0.25) is 0 Å². The highest BCUT2D eigenvalue weighted by molar-refractivity contribution is 5.14. The molecule has 0 saturated carbocycles. The smallest absolute Gasteiger partial charge is 0.0635 e. The third kappa shape index (κ3) is 5.29. The van der Waals surface area contributed by atoms with Crippen molar-refractivity contribution in [1.82, 2.24) is 5.32 Å². The van der Waals surface area contributed by atoms with Gasteiger partial charge in [-0.15, -0.1) is 0 Å². The van der Waals surface area contributed by atoms with Gasteiger partial charge >= 0.3 is 0 Å². The summed E-state index contributed by atoms with van der Waals surface area (Å²) in [7, 11) is 0. The van der Waals surface area contributed by atoms with E-state index in [2.05, 4.69) is 24.4 Å². The van der Waals surface area contributed by atoms with E-state index in [0.717, 1.165) is 32.4 Å². The first kappa shape index (κ1) is 13.2. The van der Waals surface area contributed by atoms with Gasteiger partial charge < -0.3 is 10.4 Å². The average molecular weight is 221 g/mol. The second-order valence-corrected chi connectivity index (χ2v) is 4.59. The summed E-state index contributed by atoms with van der Waals surface area (Å²) in [5, 5.41) is 13.4. The van der Waals surface area contributed by atoms with E-state index in [0.29, 0.717) is 0 Å². The summed E-state index contributed by atoms with van der Waals surface area (Å²) < 4.78 is 0. The molecular formula is C14H23NO. The van der Waals surface area contributed by atoms with Crippen molar-refractivity contribution in [2.24, 2.45) is 0 Å². The predicted molar refractivity (Wildman–Crippen MR) is 68.5 cm³/mol. The highest BCUT2D eigenvalue weighted by Gasteiger charge is 2.19. The van der Waals surface area contributed by atoms with Crippen molar-refractivity contribution in [1.29, 1.82) is 0 Å². The third-order valence-electron chi connectivity index (χ3n) is 2.89. The fourth-order valence-electron chi connectivity index (χ4n) is 1.72. The zero-order chi connectivity index (χ0) is 11.9. The van der Waals surface area contributed by atoms with Crippen molar-refractivity contribution in [3.05, 3.63) is 35.9 Å². The Labute approximate surface area is 98.7 Å². The molecule has 0 aromatic heterocycles. The molecule has 2 nitrogen and oxygen atoms in total. The van der Waals surface area contributed by atoms with Crippen LogP contribution in [-0.4, -0.2) is 23.8 Å². The molecule has 0 fully saturated rings. The zero-order valence-corrected chi connectivity index (χ0v) is 10.4. The molecule has 90 valence electrons. The summed E-state index contributed by atoms with van der Waals surface area (Å²) in [5.41, 5.74) is 0.740. The molecule has 1 aromatic carbocycles. The van der Waals surface area contributed by atoms with Crippen molar-refractivity contribution < 1.29 is 5.11 Å². The van der Waals surface area contributed by atoms with Gasteiger partial charge in [0.2, 0.25) is 0 Å². The van der Waals surface area contributed by atoms with Gasteiger partial charge in [-0.25, -0.2) is 0 Å². The lowest BCUT2D eigenvalue weighted by atomic mass is 9.93. The lowest BCUT2D eigenvalue weighted by molar-refractivity contribution is 0.0427. The van der Waals surface area contributed by atoms with E-state index in [1.807, 2.05) is 25.1 Å². The first-order valence-electron chi connectivity index (χ1n) is 6.11. The molecule has 0 amide bonds. The zero-order valence-electron chi connectivity index (χ0n) is 10.4. The molecule has 2 N–H and O–H groups in total. The Hall–Kier alpha value is -0.860. The Bertz CT molecular complexity index is 282. The standard InChI is InChI=1S/C14H23NO/c1-3-15-12-11-14(2,16)10-9-13-7-5-4-6-8-13/h4-8,15-16H,3,9-12H2,1-2H3. The highest BCUT2D eigenvalue weighted by atomic mass is 16.3. The lowest BCUT2D eigenvalue weighted by Gasteiger charge is -2.23. The SMILES string of the molecule is CCNCCC(C)(O)CCc1ccccc1.